The molecule has 1 aliphatic rings. The molecule has 3 heterocycles. The van der Waals surface area contributed by atoms with Crippen molar-refractivity contribution in [3.8, 4) is 0 Å². The summed E-state index contributed by atoms with van der Waals surface area (Å²) in [7, 11) is -0.305. The second-order valence-electron chi connectivity index (χ2n) is 5.40. The Morgan fingerprint density at radius 1 is 1.29 bits per heavy atom. The number of hydrogen-bond donors (Lipinski definition) is 0. The Hall–Kier alpha value is -1.51. The normalized spacial score (nSPS) is 21.2. The van der Waals surface area contributed by atoms with E-state index in [2.05, 4.69) is 10.1 Å². The van der Waals surface area contributed by atoms with Gasteiger partial charge in [0.15, 0.2) is 5.65 Å². The monoisotopic (exact) mass is 309 g/mol. The van der Waals surface area contributed by atoms with Crippen LogP contribution >= 0.6 is 0 Å². The molecule has 3 rings (SSSR count). The van der Waals surface area contributed by atoms with E-state index in [1.165, 1.54) is 4.31 Å². The van der Waals surface area contributed by atoms with Crippen LogP contribution in [0.4, 0.5) is 0 Å². The molecule has 0 saturated carbocycles. The molecular formula is C13H19N5O2S. The molecule has 0 N–H and O–H groups in total. The van der Waals surface area contributed by atoms with E-state index in [1.807, 2.05) is 18.3 Å². The van der Waals surface area contributed by atoms with Crippen molar-refractivity contribution in [3.63, 3.8) is 0 Å². The molecule has 0 aliphatic carbocycles. The summed E-state index contributed by atoms with van der Waals surface area (Å²) in [5, 5.41) is 4.12. The van der Waals surface area contributed by atoms with Crippen LogP contribution in [-0.4, -0.2) is 52.3 Å². The number of hydrogen-bond acceptors (Lipinski definition) is 4. The first kappa shape index (κ1) is 14.4. The van der Waals surface area contributed by atoms with E-state index in [0.29, 0.717) is 6.54 Å². The quantitative estimate of drug-likeness (QED) is 0.850. The Morgan fingerprint density at radius 3 is 2.86 bits per heavy atom. The first-order valence-electron chi connectivity index (χ1n) is 7.00. The van der Waals surface area contributed by atoms with Crippen molar-refractivity contribution in [1.29, 1.82) is 0 Å². The van der Waals surface area contributed by atoms with Crippen molar-refractivity contribution >= 4 is 15.9 Å². The van der Waals surface area contributed by atoms with Gasteiger partial charge in [-0.15, -0.1) is 0 Å². The van der Waals surface area contributed by atoms with Crippen molar-refractivity contribution in [3.05, 3.63) is 30.2 Å². The Morgan fingerprint density at radius 2 is 2.10 bits per heavy atom. The fraction of sp³-hybridized carbons (Fsp3) is 0.538. The minimum Gasteiger partial charge on any atom is -0.232 e. The van der Waals surface area contributed by atoms with Crippen LogP contribution in [0.25, 0.3) is 5.65 Å². The summed E-state index contributed by atoms with van der Waals surface area (Å²) >= 11 is 0. The number of nitrogens with zero attached hydrogens (tertiary/aromatic N) is 5. The molecular weight excluding hydrogens is 290 g/mol. The zero-order valence-corrected chi connectivity index (χ0v) is 13.0. The van der Waals surface area contributed by atoms with Crippen LogP contribution < -0.4 is 0 Å². The van der Waals surface area contributed by atoms with Crippen molar-refractivity contribution in [2.75, 3.05) is 20.6 Å². The summed E-state index contributed by atoms with van der Waals surface area (Å²) in [6.45, 7) is 0.539. The molecule has 1 atom stereocenters. The predicted molar refractivity (Wildman–Crippen MR) is 78.9 cm³/mol. The van der Waals surface area contributed by atoms with Crippen molar-refractivity contribution in [2.24, 2.45) is 0 Å². The van der Waals surface area contributed by atoms with Crippen LogP contribution in [0.15, 0.2) is 24.5 Å². The molecule has 21 heavy (non-hydrogen) atoms. The predicted octanol–water partition coefficient (Wildman–Crippen LogP) is 1.06. The van der Waals surface area contributed by atoms with Gasteiger partial charge in [0.25, 0.3) is 10.2 Å². The molecule has 1 fully saturated rings. The molecule has 0 unspecified atom stereocenters. The van der Waals surface area contributed by atoms with Gasteiger partial charge in [-0.1, -0.05) is 6.42 Å². The highest BCUT2D eigenvalue weighted by molar-refractivity contribution is 7.86. The largest absolute Gasteiger partial charge is 0.282 e. The van der Waals surface area contributed by atoms with E-state index in [9.17, 15) is 8.42 Å². The Bertz CT molecular complexity index is 740. The molecule has 0 radical (unpaired) electrons. The van der Waals surface area contributed by atoms with E-state index in [1.54, 1.807) is 29.1 Å². The summed E-state index contributed by atoms with van der Waals surface area (Å²) in [5.41, 5.74) is 1.52. The molecule has 0 aromatic carbocycles. The minimum absolute atomic E-state index is 0.203. The van der Waals surface area contributed by atoms with E-state index >= 15 is 0 Å². The topological polar surface area (TPSA) is 70.8 Å². The third-order valence-corrected chi connectivity index (χ3v) is 5.79. The number of rotatable bonds is 3. The van der Waals surface area contributed by atoms with Crippen LogP contribution in [0, 0.1) is 0 Å². The minimum atomic E-state index is -3.43. The first-order chi connectivity index (χ1) is 10.00. The zero-order chi connectivity index (χ0) is 15.0. The third-order valence-electron chi connectivity index (χ3n) is 3.83. The molecule has 1 aliphatic heterocycles. The van der Waals surface area contributed by atoms with Gasteiger partial charge in [-0.25, -0.2) is 9.50 Å². The molecule has 1 saturated heterocycles. The van der Waals surface area contributed by atoms with Gasteiger partial charge < -0.3 is 0 Å². The Kier molecular flexibility index (Phi) is 3.68. The number of piperidine rings is 1. The summed E-state index contributed by atoms with van der Waals surface area (Å²) in [4.78, 5) is 4.56. The molecule has 8 heteroatoms. The maximum absolute atomic E-state index is 12.5. The van der Waals surface area contributed by atoms with Crippen LogP contribution in [0.2, 0.25) is 0 Å². The van der Waals surface area contributed by atoms with E-state index in [4.69, 9.17) is 0 Å². The van der Waals surface area contributed by atoms with Crippen molar-refractivity contribution < 1.29 is 8.42 Å². The van der Waals surface area contributed by atoms with Gasteiger partial charge in [0.05, 0.1) is 17.9 Å². The zero-order valence-electron chi connectivity index (χ0n) is 12.2. The summed E-state index contributed by atoms with van der Waals surface area (Å²) in [6, 6.07) is 3.47. The molecule has 0 spiro atoms. The van der Waals surface area contributed by atoms with Gasteiger partial charge >= 0.3 is 0 Å². The average molecular weight is 309 g/mol. The third kappa shape index (κ3) is 2.54. The molecule has 2 aromatic heterocycles. The maximum atomic E-state index is 12.5. The van der Waals surface area contributed by atoms with Crippen LogP contribution in [0.3, 0.4) is 0 Å². The lowest BCUT2D eigenvalue weighted by Gasteiger charge is -2.35. The highest BCUT2D eigenvalue weighted by Crippen LogP contribution is 2.32. The van der Waals surface area contributed by atoms with E-state index < -0.39 is 10.2 Å². The van der Waals surface area contributed by atoms with Gasteiger partial charge in [-0.2, -0.15) is 22.1 Å². The first-order valence-corrected chi connectivity index (χ1v) is 8.39. The highest BCUT2D eigenvalue weighted by atomic mass is 32.2. The Balaban J connectivity index is 2.01. The van der Waals surface area contributed by atoms with Gasteiger partial charge in [0.1, 0.15) is 0 Å². The standard InChI is InChI=1S/C13H19N5O2S/c1-16(2)21(19,20)18-9-4-3-5-12(18)11-7-10-17-13(15-11)6-8-14-17/h6-8,10,12H,3-5,9H2,1-2H3/t12-/m1/s1. The van der Waals surface area contributed by atoms with Crippen LogP contribution in [0.1, 0.15) is 31.0 Å². The average Bonchev–Trinajstić information content (AvgIpc) is 2.94. The number of aromatic nitrogens is 3. The Labute approximate surface area is 124 Å². The highest BCUT2D eigenvalue weighted by Gasteiger charge is 2.35. The van der Waals surface area contributed by atoms with Gasteiger partial charge in [0, 0.05) is 32.9 Å². The molecule has 2 aromatic rings. The van der Waals surface area contributed by atoms with Gasteiger partial charge in [0.2, 0.25) is 0 Å². The lowest BCUT2D eigenvalue weighted by atomic mass is 10.0. The van der Waals surface area contributed by atoms with Gasteiger partial charge in [-0.3, -0.25) is 0 Å². The summed E-state index contributed by atoms with van der Waals surface area (Å²) in [5.74, 6) is 0. The van der Waals surface area contributed by atoms with E-state index in [0.717, 1.165) is 30.6 Å². The molecule has 114 valence electrons. The van der Waals surface area contributed by atoms with Crippen LogP contribution in [-0.2, 0) is 10.2 Å². The molecule has 7 nitrogen and oxygen atoms in total. The van der Waals surface area contributed by atoms with E-state index in [-0.39, 0.29) is 6.04 Å². The summed E-state index contributed by atoms with van der Waals surface area (Å²) < 4.78 is 29.5. The SMILES string of the molecule is CN(C)S(=O)(=O)N1CCCC[C@@H]1c1ccn2nccc2n1. The van der Waals surface area contributed by atoms with Crippen molar-refractivity contribution in [1.82, 2.24) is 23.2 Å². The lowest BCUT2D eigenvalue weighted by Crippen LogP contribution is -2.44. The fourth-order valence-corrected chi connectivity index (χ4v) is 4.01. The lowest BCUT2D eigenvalue weighted by molar-refractivity contribution is 0.239. The second-order valence-corrected chi connectivity index (χ2v) is 7.49. The molecule has 0 bridgehead atoms. The van der Waals surface area contributed by atoms with Crippen LogP contribution in [0.5, 0.6) is 0 Å². The van der Waals surface area contributed by atoms with Gasteiger partial charge in [-0.05, 0) is 18.9 Å². The fourth-order valence-electron chi connectivity index (χ4n) is 2.70. The smallest absolute Gasteiger partial charge is 0.232 e. The maximum Gasteiger partial charge on any atom is 0.282 e. The van der Waals surface area contributed by atoms with Crippen molar-refractivity contribution in [2.45, 2.75) is 25.3 Å². The molecule has 0 amide bonds. The summed E-state index contributed by atoms with van der Waals surface area (Å²) in [6.07, 6.45) is 6.20. The second kappa shape index (κ2) is 5.36. The number of fused-ring (bicyclic) bond motifs is 1.